The molecule has 8 heteroatoms. The van der Waals surface area contributed by atoms with Crippen molar-refractivity contribution in [3.05, 3.63) is 29.8 Å². The quantitative estimate of drug-likeness (QED) is 0.572. The van der Waals surface area contributed by atoms with E-state index in [0.29, 0.717) is 5.75 Å². The molecule has 0 N–H and O–H groups in total. The van der Waals surface area contributed by atoms with Crippen molar-refractivity contribution in [3.63, 3.8) is 0 Å². The molecule has 0 aromatic heterocycles. The van der Waals surface area contributed by atoms with E-state index in [-0.39, 0.29) is 6.61 Å². The Kier molecular flexibility index (Phi) is 6.57. The predicted octanol–water partition coefficient (Wildman–Crippen LogP) is 1.53. The van der Waals surface area contributed by atoms with Gasteiger partial charge in [0.05, 0.1) is 6.61 Å². The minimum atomic E-state index is -1.10. The number of hydrogen-bond donors (Lipinski definition) is 0. The lowest BCUT2D eigenvalue weighted by Gasteiger charge is -2.40. The summed E-state index contributed by atoms with van der Waals surface area (Å²) in [6, 6.07) is 7.18. The zero-order chi connectivity index (χ0) is 19.3. The van der Waals surface area contributed by atoms with Crippen molar-refractivity contribution in [1.29, 1.82) is 0 Å². The molecular formula is C18H22O8. The van der Waals surface area contributed by atoms with Crippen LogP contribution in [0.25, 0.3) is 0 Å². The van der Waals surface area contributed by atoms with Crippen LogP contribution in [0.5, 0.6) is 5.75 Å². The minimum Gasteiger partial charge on any atom is -0.461 e. The molecule has 4 atom stereocenters. The summed E-state index contributed by atoms with van der Waals surface area (Å²) in [6.45, 7) is 5.50. The molecule has 0 bridgehead atoms. The summed E-state index contributed by atoms with van der Waals surface area (Å²) in [7, 11) is 0. The number of aryl methyl sites for hydroxylation is 1. The summed E-state index contributed by atoms with van der Waals surface area (Å²) in [5.41, 5.74) is 1.05. The van der Waals surface area contributed by atoms with E-state index in [2.05, 4.69) is 0 Å². The fourth-order valence-electron chi connectivity index (χ4n) is 2.56. The van der Waals surface area contributed by atoms with Gasteiger partial charge in [-0.25, -0.2) is 0 Å². The number of benzene rings is 1. The molecule has 1 saturated heterocycles. The number of carbonyl (C=O) groups excluding carboxylic acids is 3. The molecule has 1 aromatic rings. The van der Waals surface area contributed by atoms with E-state index in [9.17, 15) is 14.4 Å². The molecule has 2 rings (SSSR count). The summed E-state index contributed by atoms with van der Waals surface area (Å²) in [5, 5.41) is 0. The molecule has 142 valence electrons. The maximum absolute atomic E-state index is 11.5. The molecule has 26 heavy (non-hydrogen) atoms. The molecule has 1 aliphatic heterocycles. The summed E-state index contributed by atoms with van der Waals surface area (Å²) in [4.78, 5) is 34.3. The number of carbonyl (C=O) groups is 3. The van der Waals surface area contributed by atoms with Crippen molar-refractivity contribution in [2.24, 2.45) is 0 Å². The third-order valence-corrected chi connectivity index (χ3v) is 3.58. The van der Waals surface area contributed by atoms with Gasteiger partial charge < -0.3 is 23.7 Å². The Morgan fingerprint density at radius 1 is 0.885 bits per heavy atom. The van der Waals surface area contributed by atoms with Crippen LogP contribution in [0.15, 0.2) is 24.3 Å². The Hall–Kier alpha value is -2.61. The Morgan fingerprint density at radius 3 is 1.96 bits per heavy atom. The van der Waals surface area contributed by atoms with Gasteiger partial charge in [-0.1, -0.05) is 17.7 Å². The highest BCUT2D eigenvalue weighted by Crippen LogP contribution is 2.27. The fourth-order valence-corrected chi connectivity index (χ4v) is 2.56. The van der Waals surface area contributed by atoms with Gasteiger partial charge in [0, 0.05) is 20.8 Å². The van der Waals surface area contributed by atoms with Crippen molar-refractivity contribution < 1.29 is 38.1 Å². The molecule has 1 fully saturated rings. The number of ether oxygens (including phenoxy) is 5. The molecule has 8 nitrogen and oxygen atoms in total. The summed E-state index contributed by atoms with van der Waals surface area (Å²) < 4.78 is 27.0. The third kappa shape index (κ3) is 5.45. The lowest BCUT2D eigenvalue weighted by atomic mass is 10.0. The van der Waals surface area contributed by atoms with Crippen LogP contribution in [0.4, 0.5) is 0 Å². The highest BCUT2D eigenvalue weighted by atomic mass is 16.7. The topological polar surface area (TPSA) is 97.4 Å². The van der Waals surface area contributed by atoms with Gasteiger partial charge >= 0.3 is 17.9 Å². The Bertz CT molecular complexity index is 654. The van der Waals surface area contributed by atoms with E-state index >= 15 is 0 Å². The Morgan fingerprint density at radius 2 is 1.42 bits per heavy atom. The van der Waals surface area contributed by atoms with Crippen LogP contribution in [0, 0.1) is 6.92 Å². The van der Waals surface area contributed by atoms with Crippen molar-refractivity contribution in [2.45, 2.75) is 52.3 Å². The molecule has 0 radical (unpaired) electrons. The van der Waals surface area contributed by atoms with Crippen LogP contribution in [0.1, 0.15) is 26.3 Å². The third-order valence-electron chi connectivity index (χ3n) is 3.58. The minimum absolute atomic E-state index is 0.0776. The highest BCUT2D eigenvalue weighted by molar-refractivity contribution is 5.68. The van der Waals surface area contributed by atoms with Crippen molar-refractivity contribution in [1.82, 2.24) is 0 Å². The molecule has 0 aliphatic carbocycles. The maximum Gasteiger partial charge on any atom is 0.303 e. The molecule has 1 aliphatic rings. The first-order valence-corrected chi connectivity index (χ1v) is 8.13. The van der Waals surface area contributed by atoms with Crippen LogP contribution in [0.2, 0.25) is 0 Å². The number of rotatable bonds is 5. The Labute approximate surface area is 151 Å². The van der Waals surface area contributed by atoms with Crippen molar-refractivity contribution in [2.75, 3.05) is 6.61 Å². The molecule has 1 aromatic carbocycles. The van der Waals surface area contributed by atoms with Gasteiger partial charge in [0.2, 0.25) is 12.4 Å². The summed E-state index contributed by atoms with van der Waals surface area (Å²) in [5.74, 6) is -1.31. The molecular weight excluding hydrogens is 344 g/mol. The number of hydrogen-bond acceptors (Lipinski definition) is 8. The lowest BCUT2D eigenvalue weighted by molar-refractivity contribution is -0.259. The zero-order valence-electron chi connectivity index (χ0n) is 15.1. The SMILES string of the molecule is CC(=O)OC1[C@H](Oc2ccc(C)cc2)OC[C@@H](OC(C)=O)[C@H]1OC(C)=O. The first-order chi connectivity index (χ1) is 12.3. The second-order valence-corrected chi connectivity index (χ2v) is 5.93. The van der Waals surface area contributed by atoms with Crippen LogP contribution >= 0.6 is 0 Å². The second-order valence-electron chi connectivity index (χ2n) is 5.93. The summed E-state index contributed by atoms with van der Waals surface area (Å²) >= 11 is 0. The van der Waals surface area contributed by atoms with Gasteiger partial charge in [0.1, 0.15) is 5.75 Å². The van der Waals surface area contributed by atoms with Gasteiger partial charge in [0.15, 0.2) is 12.2 Å². The molecule has 1 unspecified atom stereocenters. The second kappa shape index (κ2) is 8.66. The predicted molar refractivity (Wildman–Crippen MR) is 88.2 cm³/mol. The van der Waals surface area contributed by atoms with Gasteiger partial charge in [-0.2, -0.15) is 0 Å². The fraction of sp³-hybridized carbons (Fsp3) is 0.500. The standard InChI is InChI=1S/C18H22O8/c1-10-5-7-14(8-6-10)26-18-17(25-13(4)21)16(24-12(3)20)15(9-22-18)23-11(2)19/h5-8,15-18H,9H2,1-4H3/t15-,16-,17?,18+/m1/s1. The average Bonchev–Trinajstić information content (AvgIpc) is 2.53. The first kappa shape index (κ1) is 19.7. The van der Waals surface area contributed by atoms with Crippen LogP contribution in [-0.2, 0) is 33.3 Å². The first-order valence-electron chi connectivity index (χ1n) is 8.13. The van der Waals surface area contributed by atoms with Gasteiger partial charge in [0.25, 0.3) is 0 Å². The molecule has 0 amide bonds. The largest absolute Gasteiger partial charge is 0.461 e. The maximum atomic E-state index is 11.5. The summed E-state index contributed by atoms with van der Waals surface area (Å²) in [6.07, 6.45) is -4.10. The molecule has 0 spiro atoms. The van der Waals surface area contributed by atoms with Gasteiger partial charge in [-0.3, -0.25) is 14.4 Å². The van der Waals surface area contributed by atoms with E-state index < -0.39 is 42.5 Å². The van der Waals surface area contributed by atoms with Crippen LogP contribution in [-0.4, -0.2) is 49.1 Å². The van der Waals surface area contributed by atoms with Crippen molar-refractivity contribution >= 4 is 17.9 Å². The van der Waals surface area contributed by atoms with Gasteiger partial charge in [-0.05, 0) is 19.1 Å². The molecule has 1 heterocycles. The van der Waals surface area contributed by atoms with Crippen LogP contribution < -0.4 is 4.74 Å². The van der Waals surface area contributed by atoms with E-state index in [4.69, 9.17) is 23.7 Å². The average molecular weight is 366 g/mol. The monoisotopic (exact) mass is 366 g/mol. The Balaban J connectivity index is 2.25. The number of esters is 3. The lowest BCUT2D eigenvalue weighted by Crippen LogP contribution is -2.59. The van der Waals surface area contributed by atoms with E-state index in [1.807, 2.05) is 19.1 Å². The van der Waals surface area contributed by atoms with Gasteiger partial charge in [-0.15, -0.1) is 0 Å². The zero-order valence-corrected chi connectivity index (χ0v) is 15.1. The normalized spacial score (nSPS) is 25.1. The van der Waals surface area contributed by atoms with E-state index in [0.717, 1.165) is 5.56 Å². The van der Waals surface area contributed by atoms with E-state index in [1.54, 1.807) is 12.1 Å². The van der Waals surface area contributed by atoms with E-state index in [1.165, 1.54) is 20.8 Å². The van der Waals surface area contributed by atoms with Crippen molar-refractivity contribution in [3.8, 4) is 5.75 Å². The smallest absolute Gasteiger partial charge is 0.303 e. The van der Waals surface area contributed by atoms with Crippen LogP contribution in [0.3, 0.4) is 0 Å². The molecule has 0 saturated carbocycles. The highest BCUT2D eigenvalue weighted by Gasteiger charge is 2.48.